The van der Waals surface area contributed by atoms with Crippen molar-refractivity contribution in [2.75, 3.05) is 6.61 Å². The molecule has 4 nitrogen and oxygen atoms in total. The quantitative estimate of drug-likeness (QED) is 0.681. The van der Waals surface area contributed by atoms with Crippen molar-refractivity contribution < 1.29 is 9.53 Å². The van der Waals surface area contributed by atoms with Crippen molar-refractivity contribution in [3.63, 3.8) is 0 Å². The second-order valence-corrected chi connectivity index (χ2v) is 4.88. The molecule has 5 heteroatoms. The summed E-state index contributed by atoms with van der Waals surface area (Å²) in [5.41, 5.74) is 4.38. The lowest BCUT2D eigenvalue weighted by atomic mass is 10.2. The number of ether oxygens (including phenoxy) is 1. The van der Waals surface area contributed by atoms with Crippen molar-refractivity contribution in [3.8, 4) is 5.75 Å². The molecule has 2 aromatic rings. The van der Waals surface area contributed by atoms with Crippen molar-refractivity contribution in [2.45, 2.75) is 6.92 Å². The zero-order valence-electron chi connectivity index (χ0n) is 11.5. The van der Waals surface area contributed by atoms with E-state index in [1.807, 2.05) is 31.2 Å². The fraction of sp³-hybridized carbons (Fsp3) is 0.125. The van der Waals surface area contributed by atoms with Crippen LogP contribution in [0.1, 0.15) is 11.1 Å². The van der Waals surface area contributed by atoms with Crippen LogP contribution in [0.15, 0.2) is 53.6 Å². The molecule has 0 heterocycles. The van der Waals surface area contributed by atoms with Crippen LogP contribution in [0.3, 0.4) is 0 Å². The van der Waals surface area contributed by atoms with E-state index in [4.69, 9.17) is 16.3 Å². The van der Waals surface area contributed by atoms with Gasteiger partial charge in [-0.25, -0.2) is 5.43 Å². The molecule has 0 aliphatic rings. The normalized spacial score (nSPS) is 10.6. The van der Waals surface area contributed by atoms with Gasteiger partial charge < -0.3 is 4.74 Å². The molecule has 2 aromatic carbocycles. The van der Waals surface area contributed by atoms with Gasteiger partial charge in [0, 0.05) is 5.02 Å². The summed E-state index contributed by atoms with van der Waals surface area (Å²) in [4.78, 5) is 11.6. The highest BCUT2D eigenvalue weighted by Crippen LogP contribution is 2.11. The Hall–Kier alpha value is -2.33. The van der Waals surface area contributed by atoms with Gasteiger partial charge in [-0.3, -0.25) is 4.79 Å². The van der Waals surface area contributed by atoms with Crippen molar-refractivity contribution >= 4 is 23.7 Å². The Balaban J connectivity index is 1.77. The molecule has 0 bridgehead atoms. The summed E-state index contributed by atoms with van der Waals surface area (Å²) in [5, 5.41) is 4.51. The second-order valence-electron chi connectivity index (χ2n) is 4.45. The smallest absolute Gasteiger partial charge is 0.277 e. The van der Waals surface area contributed by atoms with Gasteiger partial charge in [0.2, 0.25) is 0 Å². The Labute approximate surface area is 128 Å². The first-order valence-electron chi connectivity index (χ1n) is 6.40. The highest BCUT2D eigenvalue weighted by atomic mass is 35.5. The monoisotopic (exact) mass is 302 g/mol. The van der Waals surface area contributed by atoms with Crippen molar-refractivity contribution in [1.82, 2.24) is 5.43 Å². The Morgan fingerprint density at radius 2 is 1.86 bits per heavy atom. The standard InChI is InChI=1S/C16H15ClN2O2/c1-12-2-8-15(9-3-12)21-11-16(20)19-18-10-13-4-6-14(17)7-5-13/h2-10H,11H2,1H3,(H,19,20)/b18-10+. The van der Waals surface area contributed by atoms with Crippen LogP contribution in [-0.4, -0.2) is 18.7 Å². The van der Waals surface area contributed by atoms with E-state index in [1.54, 1.807) is 30.5 Å². The number of hydrogen-bond acceptors (Lipinski definition) is 3. The predicted octanol–water partition coefficient (Wildman–Crippen LogP) is 3.18. The molecule has 1 N–H and O–H groups in total. The highest BCUT2D eigenvalue weighted by Gasteiger charge is 2.00. The number of carbonyl (C=O) groups excluding carboxylic acids is 1. The maximum Gasteiger partial charge on any atom is 0.277 e. The summed E-state index contributed by atoms with van der Waals surface area (Å²) in [6.45, 7) is 1.91. The lowest BCUT2D eigenvalue weighted by Gasteiger charge is -2.04. The van der Waals surface area contributed by atoms with Gasteiger partial charge in [-0.15, -0.1) is 0 Å². The van der Waals surface area contributed by atoms with Gasteiger partial charge in [0.05, 0.1) is 6.21 Å². The molecular weight excluding hydrogens is 288 g/mol. The highest BCUT2D eigenvalue weighted by molar-refractivity contribution is 6.30. The van der Waals surface area contributed by atoms with Gasteiger partial charge in [-0.05, 0) is 36.8 Å². The van der Waals surface area contributed by atoms with Gasteiger partial charge in [-0.1, -0.05) is 41.4 Å². The number of rotatable bonds is 5. The number of aryl methyl sites for hydroxylation is 1. The average Bonchev–Trinajstić information content (AvgIpc) is 2.49. The lowest BCUT2D eigenvalue weighted by molar-refractivity contribution is -0.123. The van der Waals surface area contributed by atoms with Gasteiger partial charge in [0.15, 0.2) is 6.61 Å². The Bertz CT molecular complexity index is 622. The molecule has 0 saturated heterocycles. The van der Waals surface area contributed by atoms with Gasteiger partial charge in [0.1, 0.15) is 5.75 Å². The van der Waals surface area contributed by atoms with E-state index in [0.29, 0.717) is 10.8 Å². The molecule has 0 aromatic heterocycles. The zero-order chi connectivity index (χ0) is 15.1. The fourth-order valence-electron chi connectivity index (χ4n) is 1.54. The van der Waals surface area contributed by atoms with E-state index in [0.717, 1.165) is 11.1 Å². The number of halogens is 1. The summed E-state index contributed by atoms with van der Waals surface area (Å²) >= 11 is 5.77. The van der Waals surface area contributed by atoms with E-state index < -0.39 is 0 Å². The number of carbonyl (C=O) groups is 1. The maximum atomic E-state index is 11.6. The SMILES string of the molecule is Cc1ccc(OCC(=O)N/N=C/c2ccc(Cl)cc2)cc1. The van der Waals surface area contributed by atoms with E-state index in [2.05, 4.69) is 10.5 Å². The topological polar surface area (TPSA) is 50.7 Å². The minimum Gasteiger partial charge on any atom is -0.484 e. The van der Waals surface area contributed by atoms with Crippen LogP contribution in [-0.2, 0) is 4.79 Å². The number of nitrogens with one attached hydrogen (secondary N) is 1. The molecular formula is C16H15ClN2O2. The largest absolute Gasteiger partial charge is 0.484 e. The summed E-state index contributed by atoms with van der Waals surface area (Å²) in [5.74, 6) is 0.332. The number of benzene rings is 2. The molecule has 0 atom stereocenters. The first-order valence-corrected chi connectivity index (χ1v) is 6.78. The van der Waals surface area contributed by atoms with Crippen LogP contribution in [0.2, 0.25) is 5.02 Å². The van der Waals surface area contributed by atoms with Crippen LogP contribution < -0.4 is 10.2 Å². The van der Waals surface area contributed by atoms with Crippen molar-refractivity contribution in [3.05, 3.63) is 64.7 Å². The maximum absolute atomic E-state index is 11.6. The molecule has 0 unspecified atom stereocenters. The zero-order valence-corrected chi connectivity index (χ0v) is 12.3. The van der Waals surface area contributed by atoms with Gasteiger partial charge in [0.25, 0.3) is 5.91 Å². The Kier molecular flexibility index (Phi) is 5.35. The van der Waals surface area contributed by atoms with E-state index in [-0.39, 0.29) is 12.5 Å². The van der Waals surface area contributed by atoms with E-state index in [9.17, 15) is 4.79 Å². The average molecular weight is 303 g/mol. The van der Waals surface area contributed by atoms with Crippen LogP contribution in [0, 0.1) is 6.92 Å². The fourth-order valence-corrected chi connectivity index (χ4v) is 1.67. The van der Waals surface area contributed by atoms with Crippen LogP contribution in [0.5, 0.6) is 5.75 Å². The van der Waals surface area contributed by atoms with Gasteiger partial charge in [-0.2, -0.15) is 5.10 Å². The molecule has 0 fully saturated rings. The van der Waals surface area contributed by atoms with Crippen molar-refractivity contribution in [1.29, 1.82) is 0 Å². The molecule has 0 aliphatic carbocycles. The number of hydrazone groups is 1. The molecule has 0 aliphatic heterocycles. The van der Waals surface area contributed by atoms with E-state index in [1.165, 1.54) is 0 Å². The minimum absolute atomic E-state index is 0.0823. The van der Waals surface area contributed by atoms with Crippen LogP contribution in [0.4, 0.5) is 0 Å². The molecule has 0 spiro atoms. The molecule has 21 heavy (non-hydrogen) atoms. The van der Waals surface area contributed by atoms with Gasteiger partial charge >= 0.3 is 0 Å². The number of hydrogen-bond donors (Lipinski definition) is 1. The predicted molar refractivity (Wildman–Crippen MR) is 83.9 cm³/mol. The first-order chi connectivity index (χ1) is 10.1. The first kappa shape index (κ1) is 15.1. The van der Waals surface area contributed by atoms with Crippen LogP contribution >= 0.6 is 11.6 Å². The summed E-state index contributed by atoms with van der Waals surface area (Å²) < 4.78 is 5.34. The third-order valence-electron chi connectivity index (χ3n) is 2.66. The van der Waals surface area contributed by atoms with Crippen LogP contribution in [0.25, 0.3) is 0 Å². The minimum atomic E-state index is -0.319. The lowest BCUT2D eigenvalue weighted by Crippen LogP contribution is -2.24. The molecule has 2 rings (SSSR count). The Morgan fingerprint density at radius 3 is 2.52 bits per heavy atom. The van der Waals surface area contributed by atoms with E-state index >= 15 is 0 Å². The molecule has 108 valence electrons. The number of nitrogens with zero attached hydrogens (tertiary/aromatic N) is 1. The Morgan fingerprint density at radius 1 is 1.19 bits per heavy atom. The van der Waals surface area contributed by atoms with Crippen molar-refractivity contribution in [2.24, 2.45) is 5.10 Å². The molecule has 1 amide bonds. The summed E-state index contributed by atoms with van der Waals surface area (Å²) in [6.07, 6.45) is 1.54. The summed E-state index contributed by atoms with van der Waals surface area (Å²) in [6, 6.07) is 14.6. The summed E-state index contributed by atoms with van der Waals surface area (Å²) in [7, 11) is 0. The third-order valence-corrected chi connectivity index (χ3v) is 2.92. The molecule has 0 saturated carbocycles. The second kappa shape index (κ2) is 7.45. The number of amides is 1. The third kappa shape index (κ3) is 5.28. The molecule has 0 radical (unpaired) electrons.